The maximum atomic E-state index is 13.4. The van der Waals surface area contributed by atoms with Crippen molar-refractivity contribution in [2.45, 2.75) is 43.6 Å². The summed E-state index contributed by atoms with van der Waals surface area (Å²) in [6.07, 6.45) is 2.04. The van der Waals surface area contributed by atoms with Crippen molar-refractivity contribution in [1.29, 1.82) is 0 Å². The van der Waals surface area contributed by atoms with Crippen LogP contribution in [0.2, 0.25) is 0 Å². The van der Waals surface area contributed by atoms with Crippen LogP contribution in [0.5, 0.6) is 0 Å². The Labute approximate surface area is 200 Å². The number of carbonyl (C=O) groups excluding carboxylic acids is 1. The minimum atomic E-state index is -0.307. The molecule has 176 valence electrons. The van der Waals surface area contributed by atoms with E-state index in [0.29, 0.717) is 23.3 Å². The lowest BCUT2D eigenvalue weighted by atomic mass is 10.2. The van der Waals surface area contributed by atoms with Gasteiger partial charge in [0.2, 0.25) is 5.91 Å². The first kappa shape index (κ1) is 22.6. The Hall–Kier alpha value is -3.17. The number of benzene rings is 2. The number of aromatic nitrogens is 3. The largest absolute Gasteiger partial charge is 0.459 e. The third-order valence-electron chi connectivity index (χ3n) is 5.81. The quantitative estimate of drug-likeness (QED) is 0.358. The van der Waals surface area contributed by atoms with Crippen LogP contribution in [-0.4, -0.2) is 39.1 Å². The van der Waals surface area contributed by atoms with E-state index in [9.17, 15) is 9.18 Å². The van der Waals surface area contributed by atoms with E-state index >= 15 is 0 Å². The molecule has 7 nitrogen and oxygen atoms in total. The fourth-order valence-corrected chi connectivity index (χ4v) is 4.82. The average Bonchev–Trinajstić information content (AvgIpc) is 3.59. The van der Waals surface area contributed by atoms with Gasteiger partial charge in [-0.3, -0.25) is 9.36 Å². The molecule has 5 rings (SSSR count). The van der Waals surface area contributed by atoms with Crippen molar-refractivity contribution in [3.63, 3.8) is 0 Å². The van der Waals surface area contributed by atoms with Crippen LogP contribution in [0.25, 0.3) is 22.4 Å². The van der Waals surface area contributed by atoms with E-state index in [2.05, 4.69) is 15.5 Å². The molecule has 2 aromatic carbocycles. The molecule has 1 fully saturated rings. The van der Waals surface area contributed by atoms with Crippen LogP contribution >= 0.6 is 11.8 Å². The molecule has 2 aromatic heterocycles. The van der Waals surface area contributed by atoms with Crippen molar-refractivity contribution < 1.29 is 18.3 Å². The number of amides is 1. The van der Waals surface area contributed by atoms with Gasteiger partial charge in [-0.25, -0.2) is 4.39 Å². The minimum absolute atomic E-state index is 0.0662. The summed E-state index contributed by atoms with van der Waals surface area (Å²) in [6, 6.07) is 15.6. The van der Waals surface area contributed by atoms with Crippen molar-refractivity contribution >= 4 is 28.6 Å². The van der Waals surface area contributed by atoms with Crippen LogP contribution in [0.15, 0.2) is 64.2 Å². The summed E-state index contributed by atoms with van der Waals surface area (Å²) in [7, 11) is 0. The van der Waals surface area contributed by atoms with E-state index in [1.54, 1.807) is 12.1 Å². The molecule has 1 aliphatic rings. The van der Waals surface area contributed by atoms with Gasteiger partial charge in [0.1, 0.15) is 17.2 Å². The van der Waals surface area contributed by atoms with Gasteiger partial charge in [-0.2, -0.15) is 0 Å². The number of carbonyl (C=O) groups is 1. The Balaban J connectivity index is 1.28. The maximum absolute atomic E-state index is 13.4. The molecule has 4 aromatic rings. The van der Waals surface area contributed by atoms with E-state index in [0.717, 1.165) is 36.0 Å². The fraction of sp³-hybridized carbons (Fsp3) is 0.320. The van der Waals surface area contributed by atoms with E-state index in [-0.39, 0.29) is 29.6 Å². The molecule has 1 saturated heterocycles. The van der Waals surface area contributed by atoms with E-state index < -0.39 is 0 Å². The summed E-state index contributed by atoms with van der Waals surface area (Å²) in [6.45, 7) is 3.22. The lowest BCUT2D eigenvalue weighted by Gasteiger charge is -2.15. The fourth-order valence-electron chi connectivity index (χ4n) is 4.06. The zero-order valence-electron chi connectivity index (χ0n) is 18.7. The van der Waals surface area contributed by atoms with Gasteiger partial charge in [-0.05, 0) is 56.2 Å². The number of hydrogen-bond donors (Lipinski definition) is 1. The summed E-state index contributed by atoms with van der Waals surface area (Å²) >= 11 is 1.32. The first-order valence-electron chi connectivity index (χ1n) is 11.3. The Morgan fingerprint density at radius 1 is 1.24 bits per heavy atom. The molecule has 0 radical (unpaired) electrons. The monoisotopic (exact) mass is 480 g/mol. The SMILES string of the molecule is CC(NC(=O)CSc1nnc(-c2ccc(F)cc2)n1CC1CCCO1)c1cc2ccccc2o1. The molecule has 1 amide bonds. The van der Waals surface area contributed by atoms with Crippen LogP contribution < -0.4 is 5.32 Å². The van der Waals surface area contributed by atoms with Gasteiger partial charge in [0.15, 0.2) is 11.0 Å². The second-order valence-corrected chi connectivity index (χ2v) is 9.27. The van der Waals surface area contributed by atoms with Crippen LogP contribution in [0.4, 0.5) is 4.39 Å². The number of nitrogens with one attached hydrogen (secondary N) is 1. The Bertz CT molecular complexity index is 1250. The standard InChI is InChI=1S/C25H25FN4O3S/c1-16(22-13-18-5-2-3-7-21(18)33-22)27-23(31)15-34-25-29-28-24(17-8-10-19(26)11-9-17)30(25)14-20-6-4-12-32-20/h2-3,5,7-11,13,16,20H,4,6,12,14-15H2,1H3,(H,27,31). The molecule has 3 heterocycles. The molecule has 1 N–H and O–H groups in total. The van der Waals surface area contributed by atoms with Crippen LogP contribution in [0.3, 0.4) is 0 Å². The van der Waals surface area contributed by atoms with Gasteiger partial charge in [0.05, 0.1) is 24.4 Å². The predicted molar refractivity (Wildman–Crippen MR) is 128 cm³/mol. The third-order valence-corrected chi connectivity index (χ3v) is 6.78. The number of thioether (sulfide) groups is 1. The normalized spacial score (nSPS) is 16.7. The number of furan rings is 1. The molecular weight excluding hydrogens is 455 g/mol. The van der Waals surface area contributed by atoms with Crippen LogP contribution in [0, 0.1) is 5.82 Å². The number of hydrogen-bond acceptors (Lipinski definition) is 6. The summed E-state index contributed by atoms with van der Waals surface area (Å²) in [4.78, 5) is 12.7. The maximum Gasteiger partial charge on any atom is 0.231 e. The van der Waals surface area contributed by atoms with E-state index in [4.69, 9.17) is 9.15 Å². The van der Waals surface area contributed by atoms with Gasteiger partial charge in [-0.15, -0.1) is 10.2 Å². The topological polar surface area (TPSA) is 82.2 Å². The molecule has 0 aliphatic carbocycles. The Morgan fingerprint density at radius 3 is 2.82 bits per heavy atom. The number of halogens is 1. The second-order valence-electron chi connectivity index (χ2n) is 8.32. The zero-order chi connectivity index (χ0) is 23.5. The molecule has 0 bridgehead atoms. The molecule has 2 unspecified atom stereocenters. The second kappa shape index (κ2) is 9.99. The number of para-hydroxylation sites is 1. The van der Waals surface area contributed by atoms with Crippen LogP contribution in [0.1, 0.15) is 31.6 Å². The average molecular weight is 481 g/mol. The van der Waals surface area contributed by atoms with Crippen molar-refractivity contribution in [2.24, 2.45) is 0 Å². The van der Waals surface area contributed by atoms with Crippen molar-refractivity contribution in [2.75, 3.05) is 12.4 Å². The van der Waals surface area contributed by atoms with Gasteiger partial charge >= 0.3 is 0 Å². The van der Waals surface area contributed by atoms with E-state index in [1.807, 2.05) is 41.8 Å². The number of nitrogens with zero attached hydrogens (tertiary/aromatic N) is 3. The first-order valence-corrected chi connectivity index (χ1v) is 12.3. The highest BCUT2D eigenvalue weighted by Gasteiger charge is 2.23. The Morgan fingerprint density at radius 2 is 2.06 bits per heavy atom. The molecular formula is C25H25FN4O3S. The molecule has 2 atom stereocenters. The molecule has 0 saturated carbocycles. The van der Waals surface area contributed by atoms with Gasteiger partial charge < -0.3 is 14.5 Å². The smallest absolute Gasteiger partial charge is 0.231 e. The molecule has 1 aliphatic heterocycles. The summed E-state index contributed by atoms with van der Waals surface area (Å²) in [5.74, 6) is 1.08. The lowest BCUT2D eigenvalue weighted by Crippen LogP contribution is -2.28. The number of fused-ring (bicyclic) bond motifs is 1. The van der Waals surface area contributed by atoms with Gasteiger partial charge in [0.25, 0.3) is 0 Å². The molecule has 34 heavy (non-hydrogen) atoms. The summed E-state index contributed by atoms with van der Waals surface area (Å²) in [5, 5.41) is 13.3. The van der Waals surface area contributed by atoms with Gasteiger partial charge in [0, 0.05) is 17.6 Å². The third kappa shape index (κ3) is 5.00. The predicted octanol–water partition coefficient (Wildman–Crippen LogP) is 4.98. The number of ether oxygens (including phenoxy) is 1. The van der Waals surface area contributed by atoms with Crippen molar-refractivity contribution in [3.05, 3.63) is 66.2 Å². The Kier molecular flexibility index (Phi) is 6.64. The van der Waals surface area contributed by atoms with Gasteiger partial charge in [-0.1, -0.05) is 30.0 Å². The van der Waals surface area contributed by atoms with Crippen molar-refractivity contribution in [3.8, 4) is 11.4 Å². The molecule has 0 spiro atoms. The zero-order valence-corrected chi connectivity index (χ0v) is 19.6. The number of rotatable bonds is 8. The van der Waals surface area contributed by atoms with Crippen LogP contribution in [-0.2, 0) is 16.1 Å². The molecule has 9 heteroatoms. The highest BCUT2D eigenvalue weighted by Crippen LogP contribution is 2.27. The summed E-state index contributed by atoms with van der Waals surface area (Å²) in [5.41, 5.74) is 1.56. The highest BCUT2D eigenvalue weighted by atomic mass is 32.2. The highest BCUT2D eigenvalue weighted by molar-refractivity contribution is 7.99. The first-order chi connectivity index (χ1) is 16.6. The minimum Gasteiger partial charge on any atom is -0.459 e. The van der Waals surface area contributed by atoms with Crippen molar-refractivity contribution in [1.82, 2.24) is 20.1 Å². The lowest BCUT2D eigenvalue weighted by molar-refractivity contribution is -0.119. The van der Waals surface area contributed by atoms with E-state index in [1.165, 1.54) is 23.9 Å². The summed E-state index contributed by atoms with van der Waals surface area (Å²) < 4.78 is 27.0.